The lowest BCUT2D eigenvalue weighted by molar-refractivity contribution is -0.578. The van der Waals surface area contributed by atoms with Gasteiger partial charge in [-0.2, -0.15) is 0 Å². The molecule has 4 saturated heterocycles. The standard InChI is InChI=1S/C19H30O7/c1-6-21-16-11(3)14-9-15(22-12(4)20)10(2)13-7-8-18(5)24-17(23-16)19(13,14)26-25-18/h10-11,13-17H,6-9H2,1-5H3. The molecule has 26 heavy (non-hydrogen) atoms. The summed E-state index contributed by atoms with van der Waals surface area (Å²) < 4.78 is 24.1. The lowest BCUT2D eigenvalue weighted by Gasteiger charge is -2.61. The van der Waals surface area contributed by atoms with Crippen molar-refractivity contribution < 1.29 is 33.5 Å². The Morgan fingerprint density at radius 3 is 2.65 bits per heavy atom. The Hall–Kier alpha value is -0.730. The van der Waals surface area contributed by atoms with Gasteiger partial charge >= 0.3 is 5.97 Å². The zero-order valence-electron chi connectivity index (χ0n) is 16.2. The molecule has 4 aliphatic heterocycles. The fourth-order valence-corrected chi connectivity index (χ4v) is 5.53. The number of ether oxygens (including phenoxy) is 4. The molecular weight excluding hydrogens is 340 g/mol. The minimum absolute atomic E-state index is 0.0472. The van der Waals surface area contributed by atoms with Gasteiger partial charge in [-0.1, -0.05) is 13.8 Å². The summed E-state index contributed by atoms with van der Waals surface area (Å²) in [5.74, 6) is -0.713. The van der Waals surface area contributed by atoms with Gasteiger partial charge in [0, 0.05) is 37.7 Å². The van der Waals surface area contributed by atoms with E-state index < -0.39 is 17.7 Å². The van der Waals surface area contributed by atoms with Gasteiger partial charge < -0.3 is 18.9 Å². The van der Waals surface area contributed by atoms with Crippen molar-refractivity contribution in [3.05, 3.63) is 0 Å². The van der Waals surface area contributed by atoms with Gasteiger partial charge in [-0.3, -0.25) is 4.79 Å². The monoisotopic (exact) mass is 370 g/mol. The lowest BCUT2D eigenvalue weighted by atomic mass is 9.57. The van der Waals surface area contributed by atoms with E-state index in [4.69, 9.17) is 28.7 Å². The third kappa shape index (κ3) is 2.63. The molecule has 1 spiro atoms. The van der Waals surface area contributed by atoms with Crippen molar-refractivity contribution in [3.63, 3.8) is 0 Å². The summed E-state index contributed by atoms with van der Waals surface area (Å²) in [7, 11) is 0. The van der Waals surface area contributed by atoms with Crippen LogP contribution in [-0.2, 0) is 33.5 Å². The van der Waals surface area contributed by atoms with Crippen LogP contribution in [0, 0.1) is 23.7 Å². The molecule has 2 bridgehead atoms. The average Bonchev–Trinajstić information content (AvgIpc) is 2.80. The van der Waals surface area contributed by atoms with Gasteiger partial charge in [0.1, 0.15) is 6.10 Å². The molecule has 0 radical (unpaired) electrons. The molecule has 0 amide bonds. The van der Waals surface area contributed by atoms with Crippen LogP contribution in [0.1, 0.15) is 53.9 Å². The van der Waals surface area contributed by atoms with Crippen molar-refractivity contribution in [3.8, 4) is 0 Å². The molecule has 0 aromatic heterocycles. The molecule has 5 fully saturated rings. The molecule has 0 aromatic carbocycles. The van der Waals surface area contributed by atoms with Crippen LogP contribution in [0.15, 0.2) is 0 Å². The van der Waals surface area contributed by atoms with Crippen LogP contribution in [0.3, 0.4) is 0 Å². The van der Waals surface area contributed by atoms with E-state index in [0.29, 0.717) is 19.4 Å². The van der Waals surface area contributed by atoms with Crippen molar-refractivity contribution in [2.24, 2.45) is 23.7 Å². The van der Waals surface area contributed by atoms with Crippen molar-refractivity contribution in [1.82, 2.24) is 0 Å². The first-order valence-corrected chi connectivity index (χ1v) is 9.79. The van der Waals surface area contributed by atoms with Gasteiger partial charge in [-0.25, -0.2) is 9.78 Å². The third-order valence-corrected chi connectivity index (χ3v) is 6.83. The van der Waals surface area contributed by atoms with Gasteiger partial charge in [0.2, 0.25) is 5.79 Å². The fraction of sp³-hybridized carbons (Fsp3) is 0.947. The van der Waals surface area contributed by atoms with Crippen LogP contribution in [0.4, 0.5) is 0 Å². The van der Waals surface area contributed by atoms with Gasteiger partial charge in [-0.05, 0) is 32.6 Å². The Morgan fingerprint density at radius 1 is 1.19 bits per heavy atom. The predicted molar refractivity (Wildman–Crippen MR) is 89.4 cm³/mol. The van der Waals surface area contributed by atoms with Gasteiger partial charge in [0.25, 0.3) is 0 Å². The van der Waals surface area contributed by atoms with E-state index >= 15 is 0 Å². The second-order valence-electron chi connectivity index (χ2n) is 8.42. The molecule has 5 rings (SSSR count). The Labute approximate surface area is 154 Å². The summed E-state index contributed by atoms with van der Waals surface area (Å²) in [5.41, 5.74) is -0.695. The summed E-state index contributed by atoms with van der Waals surface area (Å²) in [6, 6.07) is 0. The Morgan fingerprint density at radius 2 is 1.96 bits per heavy atom. The molecule has 9 atom stereocenters. The predicted octanol–water partition coefficient (Wildman–Crippen LogP) is 2.77. The SMILES string of the molecule is CCOC1OC2OC3(C)CCC4C(C)C(OC(C)=O)CC(C1C)C24OO3. The van der Waals surface area contributed by atoms with E-state index in [1.165, 1.54) is 6.92 Å². The quantitative estimate of drug-likeness (QED) is 0.559. The molecule has 5 aliphatic rings. The summed E-state index contributed by atoms with van der Waals surface area (Å²) in [6.45, 7) is 10.1. The normalized spacial score (nSPS) is 52.9. The van der Waals surface area contributed by atoms with Crippen molar-refractivity contribution in [2.75, 3.05) is 6.61 Å². The van der Waals surface area contributed by atoms with E-state index in [1.807, 2.05) is 13.8 Å². The van der Waals surface area contributed by atoms with E-state index in [1.54, 1.807) is 0 Å². The van der Waals surface area contributed by atoms with E-state index in [-0.39, 0.29) is 42.0 Å². The molecule has 9 unspecified atom stereocenters. The average molecular weight is 370 g/mol. The number of fused-ring (bicyclic) bond motifs is 2. The van der Waals surface area contributed by atoms with E-state index in [0.717, 1.165) is 6.42 Å². The van der Waals surface area contributed by atoms with Crippen molar-refractivity contribution >= 4 is 5.97 Å². The molecule has 148 valence electrons. The van der Waals surface area contributed by atoms with Crippen LogP contribution in [0.25, 0.3) is 0 Å². The van der Waals surface area contributed by atoms with Crippen LogP contribution < -0.4 is 0 Å². The highest BCUT2D eigenvalue weighted by Gasteiger charge is 2.71. The van der Waals surface area contributed by atoms with Crippen molar-refractivity contribution in [1.29, 1.82) is 0 Å². The van der Waals surface area contributed by atoms with Crippen LogP contribution >= 0.6 is 0 Å². The van der Waals surface area contributed by atoms with Gasteiger partial charge in [0.05, 0.1) is 0 Å². The van der Waals surface area contributed by atoms with E-state index in [2.05, 4.69) is 13.8 Å². The number of carbonyl (C=O) groups is 1. The Kier molecular flexibility index (Phi) is 4.59. The third-order valence-electron chi connectivity index (χ3n) is 6.83. The zero-order chi connectivity index (χ0) is 18.7. The first-order valence-electron chi connectivity index (χ1n) is 9.79. The molecule has 1 saturated carbocycles. The topological polar surface area (TPSA) is 72.5 Å². The first kappa shape index (κ1) is 18.6. The zero-order valence-corrected chi connectivity index (χ0v) is 16.2. The molecule has 0 N–H and O–H groups in total. The molecule has 1 aliphatic carbocycles. The smallest absolute Gasteiger partial charge is 0.302 e. The Balaban J connectivity index is 1.75. The number of hydrogen-bond acceptors (Lipinski definition) is 7. The summed E-state index contributed by atoms with van der Waals surface area (Å²) in [4.78, 5) is 23.5. The van der Waals surface area contributed by atoms with Crippen molar-refractivity contribution in [2.45, 2.75) is 84.0 Å². The fourth-order valence-electron chi connectivity index (χ4n) is 5.53. The molecule has 0 aromatic rings. The van der Waals surface area contributed by atoms with E-state index in [9.17, 15) is 4.79 Å². The van der Waals surface area contributed by atoms with Gasteiger partial charge in [-0.15, -0.1) is 0 Å². The Bertz CT molecular complexity index is 568. The minimum atomic E-state index is -0.828. The summed E-state index contributed by atoms with van der Waals surface area (Å²) in [6.07, 6.45) is 1.19. The maximum Gasteiger partial charge on any atom is 0.302 e. The highest BCUT2D eigenvalue weighted by Crippen LogP contribution is 2.61. The maximum absolute atomic E-state index is 11.7. The summed E-state index contributed by atoms with van der Waals surface area (Å²) in [5, 5.41) is 0. The minimum Gasteiger partial charge on any atom is -0.462 e. The maximum atomic E-state index is 11.7. The second-order valence-corrected chi connectivity index (χ2v) is 8.42. The highest BCUT2D eigenvalue weighted by atomic mass is 17.3. The second kappa shape index (κ2) is 6.41. The lowest BCUT2D eigenvalue weighted by Crippen LogP contribution is -2.72. The number of hydrogen-bond donors (Lipinski definition) is 0. The van der Waals surface area contributed by atoms with Gasteiger partial charge in [0.15, 0.2) is 18.2 Å². The molecule has 4 heterocycles. The number of esters is 1. The molecular formula is C19H30O7. The number of carbonyl (C=O) groups excluding carboxylic acids is 1. The molecule has 7 heteroatoms. The highest BCUT2D eigenvalue weighted by molar-refractivity contribution is 5.66. The summed E-state index contributed by atoms with van der Waals surface area (Å²) >= 11 is 0. The van der Waals surface area contributed by atoms with Crippen LogP contribution in [0.2, 0.25) is 0 Å². The van der Waals surface area contributed by atoms with Crippen LogP contribution in [-0.4, -0.2) is 42.6 Å². The molecule has 7 nitrogen and oxygen atoms in total. The number of rotatable bonds is 3. The van der Waals surface area contributed by atoms with Crippen LogP contribution in [0.5, 0.6) is 0 Å². The first-order chi connectivity index (χ1) is 12.3. The largest absolute Gasteiger partial charge is 0.462 e.